The molecule has 1 nitrogen and oxygen atoms in total. The summed E-state index contributed by atoms with van der Waals surface area (Å²) in [7, 11) is -0.217. The SMILES string of the molecule is CCN(CC)CC[SiH2]Cl. The van der Waals surface area contributed by atoms with E-state index in [1.54, 1.807) is 0 Å². The third-order valence-electron chi connectivity index (χ3n) is 1.50. The summed E-state index contributed by atoms with van der Waals surface area (Å²) in [6.07, 6.45) is 0. The Hall–Kier alpha value is 0.467. The molecule has 0 aliphatic rings. The maximum absolute atomic E-state index is 5.67. The second-order valence-electron chi connectivity index (χ2n) is 2.07. The predicted molar refractivity (Wildman–Crippen MR) is 47.0 cm³/mol. The number of halogens is 1. The highest BCUT2D eigenvalue weighted by atomic mass is 35.6. The Kier molecular flexibility index (Phi) is 6.93. The smallest absolute Gasteiger partial charge is 0.126 e. The van der Waals surface area contributed by atoms with Gasteiger partial charge in [0.2, 0.25) is 0 Å². The minimum absolute atomic E-state index is 0.217. The van der Waals surface area contributed by atoms with Crippen molar-refractivity contribution in [3.05, 3.63) is 0 Å². The second-order valence-corrected chi connectivity index (χ2v) is 4.29. The van der Waals surface area contributed by atoms with Gasteiger partial charge in [0, 0.05) is 0 Å². The summed E-state index contributed by atoms with van der Waals surface area (Å²) in [5.74, 6) is 0. The van der Waals surface area contributed by atoms with Crippen molar-refractivity contribution in [2.75, 3.05) is 19.6 Å². The Morgan fingerprint density at radius 1 is 1.33 bits per heavy atom. The van der Waals surface area contributed by atoms with Crippen LogP contribution in [-0.4, -0.2) is 33.4 Å². The van der Waals surface area contributed by atoms with Gasteiger partial charge in [0.05, 0.1) is 0 Å². The number of hydrogen-bond donors (Lipinski definition) is 0. The summed E-state index contributed by atoms with van der Waals surface area (Å²) in [5, 5.41) is 0. The van der Waals surface area contributed by atoms with E-state index >= 15 is 0 Å². The van der Waals surface area contributed by atoms with E-state index < -0.39 is 0 Å². The fourth-order valence-electron chi connectivity index (χ4n) is 0.823. The average Bonchev–Trinajstić information content (AvgIpc) is 1.91. The monoisotopic (exact) mass is 165 g/mol. The van der Waals surface area contributed by atoms with Crippen LogP contribution in [0.3, 0.4) is 0 Å². The Morgan fingerprint density at radius 3 is 2.22 bits per heavy atom. The molecule has 0 unspecified atom stereocenters. The van der Waals surface area contributed by atoms with Crippen molar-refractivity contribution in [3.63, 3.8) is 0 Å². The van der Waals surface area contributed by atoms with E-state index in [2.05, 4.69) is 18.7 Å². The molecule has 0 saturated carbocycles. The lowest BCUT2D eigenvalue weighted by Gasteiger charge is -2.16. The standard InChI is InChI=1S/C6H16ClNSi/c1-3-8(4-2)5-6-9-7/h3-6,9H2,1-2H3. The molecule has 0 aromatic heterocycles. The van der Waals surface area contributed by atoms with Gasteiger partial charge >= 0.3 is 0 Å². The van der Waals surface area contributed by atoms with E-state index in [-0.39, 0.29) is 8.83 Å². The molecule has 0 aliphatic heterocycles. The summed E-state index contributed by atoms with van der Waals surface area (Å²) >= 11 is 5.67. The van der Waals surface area contributed by atoms with Crippen LogP contribution >= 0.6 is 11.1 Å². The first-order valence-electron chi connectivity index (χ1n) is 3.63. The lowest BCUT2D eigenvalue weighted by molar-refractivity contribution is 0.321. The minimum Gasteiger partial charge on any atom is -0.304 e. The van der Waals surface area contributed by atoms with E-state index in [0.717, 1.165) is 0 Å². The van der Waals surface area contributed by atoms with Crippen molar-refractivity contribution in [1.82, 2.24) is 4.90 Å². The van der Waals surface area contributed by atoms with Gasteiger partial charge in [-0.15, -0.1) is 0 Å². The van der Waals surface area contributed by atoms with Gasteiger partial charge in [0.1, 0.15) is 8.83 Å². The molecule has 0 aliphatic carbocycles. The molecule has 0 rings (SSSR count). The van der Waals surface area contributed by atoms with Crippen LogP contribution < -0.4 is 0 Å². The van der Waals surface area contributed by atoms with Crippen LogP contribution in [0.4, 0.5) is 0 Å². The molecular weight excluding hydrogens is 150 g/mol. The van der Waals surface area contributed by atoms with E-state index in [9.17, 15) is 0 Å². The number of nitrogens with zero attached hydrogens (tertiary/aromatic N) is 1. The fraction of sp³-hybridized carbons (Fsp3) is 1.00. The number of rotatable bonds is 5. The van der Waals surface area contributed by atoms with Crippen LogP contribution in [0.1, 0.15) is 13.8 Å². The van der Waals surface area contributed by atoms with Crippen LogP contribution in [0.2, 0.25) is 6.04 Å². The Morgan fingerprint density at radius 2 is 1.89 bits per heavy atom. The molecule has 0 fully saturated rings. The summed E-state index contributed by atoms with van der Waals surface area (Å²) in [6.45, 7) is 7.94. The Labute approximate surface area is 64.9 Å². The zero-order chi connectivity index (χ0) is 7.11. The average molecular weight is 166 g/mol. The zero-order valence-corrected chi connectivity index (χ0v) is 8.53. The summed E-state index contributed by atoms with van der Waals surface area (Å²) < 4.78 is 0. The highest BCUT2D eigenvalue weighted by molar-refractivity contribution is 6.93. The lowest BCUT2D eigenvalue weighted by atomic mass is 10.5. The van der Waals surface area contributed by atoms with Gasteiger partial charge in [-0.25, -0.2) is 0 Å². The van der Waals surface area contributed by atoms with Gasteiger partial charge in [0.25, 0.3) is 0 Å². The van der Waals surface area contributed by atoms with Crippen molar-refractivity contribution in [2.45, 2.75) is 19.9 Å². The van der Waals surface area contributed by atoms with E-state index in [4.69, 9.17) is 11.1 Å². The third kappa shape index (κ3) is 4.94. The fourth-order valence-corrected chi connectivity index (χ4v) is 1.75. The van der Waals surface area contributed by atoms with Crippen LogP contribution in [-0.2, 0) is 0 Å². The lowest BCUT2D eigenvalue weighted by Crippen LogP contribution is -2.24. The van der Waals surface area contributed by atoms with Gasteiger partial charge in [-0.3, -0.25) is 0 Å². The molecule has 9 heavy (non-hydrogen) atoms. The van der Waals surface area contributed by atoms with Gasteiger partial charge in [0.15, 0.2) is 0 Å². The van der Waals surface area contributed by atoms with E-state index in [1.165, 1.54) is 25.7 Å². The maximum Gasteiger partial charge on any atom is 0.126 e. The van der Waals surface area contributed by atoms with E-state index in [0.29, 0.717) is 0 Å². The van der Waals surface area contributed by atoms with Gasteiger partial charge < -0.3 is 4.90 Å². The normalized spacial score (nSPS) is 12.0. The molecule has 0 heterocycles. The van der Waals surface area contributed by atoms with Crippen molar-refractivity contribution >= 4 is 19.9 Å². The molecule has 0 amide bonds. The van der Waals surface area contributed by atoms with Crippen molar-refractivity contribution in [2.24, 2.45) is 0 Å². The zero-order valence-electron chi connectivity index (χ0n) is 6.36. The van der Waals surface area contributed by atoms with Crippen LogP contribution in [0.25, 0.3) is 0 Å². The largest absolute Gasteiger partial charge is 0.304 e. The first-order valence-corrected chi connectivity index (χ1v) is 6.77. The molecule has 0 N–H and O–H groups in total. The highest BCUT2D eigenvalue weighted by Gasteiger charge is 1.95. The highest BCUT2D eigenvalue weighted by Crippen LogP contribution is 1.90. The Bertz CT molecular complexity index is 57.0. The van der Waals surface area contributed by atoms with E-state index in [1.807, 2.05) is 0 Å². The van der Waals surface area contributed by atoms with Crippen LogP contribution in [0.5, 0.6) is 0 Å². The van der Waals surface area contributed by atoms with Crippen LogP contribution in [0, 0.1) is 0 Å². The van der Waals surface area contributed by atoms with Gasteiger partial charge in [-0.1, -0.05) is 13.8 Å². The van der Waals surface area contributed by atoms with Crippen molar-refractivity contribution in [1.29, 1.82) is 0 Å². The predicted octanol–water partition coefficient (Wildman–Crippen LogP) is 1.07. The van der Waals surface area contributed by atoms with Crippen LogP contribution in [0.15, 0.2) is 0 Å². The first-order chi connectivity index (χ1) is 4.35. The first kappa shape index (κ1) is 9.47. The minimum atomic E-state index is -0.217. The van der Waals surface area contributed by atoms with Crippen molar-refractivity contribution in [3.8, 4) is 0 Å². The van der Waals surface area contributed by atoms with Crippen molar-refractivity contribution < 1.29 is 0 Å². The maximum atomic E-state index is 5.67. The number of hydrogen-bond acceptors (Lipinski definition) is 1. The molecule has 0 aromatic rings. The molecule has 56 valence electrons. The topological polar surface area (TPSA) is 3.24 Å². The molecule has 0 atom stereocenters. The summed E-state index contributed by atoms with van der Waals surface area (Å²) in [6, 6.07) is 1.25. The quantitative estimate of drug-likeness (QED) is 0.435. The molecule has 0 bridgehead atoms. The molecule has 0 radical (unpaired) electrons. The van der Waals surface area contributed by atoms with Gasteiger partial charge in [-0.05, 0) is 25.7 Å². The summed E-state index contributed by atoms with van der Waals surface area (Å²) in [5.41, 5.74) is 0. The molecule has 0 saturated heterocycles. The molecule has 0 spiro atoms. The molecule has 0 aromatic carbocycles. The molecular formula is C6H16ClNSi. The molecule has 3 heteroatoms. The summed E-state index contributed by atoms with van der Waals surface area (Å²) in [4.78, 5) is 2.41. The Balaban J connectivity index is 3.09. The van der Waals surface area contributed by atoms with Gasteiger partial charge in [-0.2, -0.15) is 11.1 Å². The second kappa shape index (κ2) is 6.58. The third-order valence-corrected chi connectivity index (χ3v) is 2.89.